The van der Waals surface area contributed by atoms with Crippen LogP contribution in [0.15, 0.2) is 52.7 Å². The minimum atomic E-state index is -0.773. The molecule has 9 heteroatoms. The van der Waals surface area contributed by atoms with E-state index >= 15 is 0 Å². The van der Waals surface area contributed by atoms with Crippen LogP contribution in [0.1, 0.15) is 49.7 Å². The lowest BCUT2D eigenvalue weighted by atomic mass is 9.69. The van der Waals surface area contributed by atoms with Crippen LogP contribution < -0.4 is 14.2 Å². The SMILES string of the molecule is CCSCCOC(=O)C1C(C)=NC2=C(C(=O)C[C@@H](c3ccc(OC)c(OC)c3)C2)[C@@H]1c1ccc(OC)c(O)c1. The predicted molar refractivity (Wildman–Crippen MR) is 152 cm³/mol. The van der Waals surface area contributed by atoms with E-state index in [2.05, 4.69) is 6.92 Å². The van der Waals surface area contributed by atoms with Crippen molar-refractivity contribution in [1.82, 2.24) is 0 Å². The van der Waals surface area contributed by atoms with Gasteiger partial charge in [0.25, 0.3) is 0 Å². The number of hydrogen-bond acceptors (Lipinski definition) is 9. The zero-order chi connectivity index (χ0) is 28.1. The number of ether oxygens (including phenoxy) is 4. The molecule has 1 unspecified atom stereocenters. The number of methoxy groups -OCH3 is 3. The van der Waals surface area contributed by atoms with Crippen LogP contribution in [0.5, 0.6) is 23.0 Å². The molecule has 0 aromatic heterocycles. The Labute approximate surface area is 233 Å². The first-order valence-corrected chi connectivity index (χ1v) is 14.1. The average Bonchev–Trinajstić information content (AvgIpc) is 2.93. The molecule has 0 bridgehead atoms. The summed E-state index contributed by atoms with van der Waals surface area (Å²) < 4.78 is 21.7. The van der Waals surface area contributed by atoms with Crippen molar-refractivity contribution in [2.24, 2.45) is 10.9 Å². The van der Waals surface area contributed by atoms with E-state index in [-0.39, 0.29) is 30.5 Å². The lowest BCUT2D eigenvalue weighted by Crippen LogP contribution is -2.38. The summed E-state index contributed by atoms with van der Waals surface area (Å²) in [5, 5.41) is 10.6. The number of Topliss-reactive ketones (excluding diaryl/α,β-unsaturated/α-hetero) is 1. The molecule has 0 radical (unpaired) electrons. The van der Waals surface area contributed by atoms with E-state index in [0.717, 1.165) is 11.3 Å². The number of thioether (sulfide) groups is 1. The third-order valence-corrected chi connectivity index (χ3v) is 8.12. The fraction of sp³-hybridized carbons (Fsp3) is 0.433. The topological polar surface area (TPSA) is 104 Å². The maximum atomic E-state index is 13.8. The second kappa shape index (κ2) is 12.6. The van der Waals surface area contributed by atoms with Gasteiger partial charge in [-0.3, -0.25) is 14.6 Å². The molecule has 0 saturated heterocycles. The van der Waals surface area contributed by atoms with Crippen LogP contribution >= 0.6 is 11.8 Å². The number of aromatic hydroxyl groups is 1. The standard InChI is InChI=1S/C30H35NO7S/c1-6-39-12-11-38-30(34)27-17(2)31-21-13-20(18-7-10-25(36-4)26(16-18)37-5)15-23(33)29(21)28(27)19-8-9-24(35-3)22(32)14-19/h7-10,14,16,20,27-28,32H,6,11-13,15H2,1-5H3/t20-,27?,28+/m0/s1. The molecule has 0 amide bonds. The van der Waals surface area contributed by atoms with Crippen LogP contribution in [0.3, 0.4) is 0 Å². The van der Waals surface area contributed by atoms with Gasteiger partial charge in [0.2, 0.25) is 0 Å². The Kier molecular flexibility index (Phi) is 9.22. The summed E-state index contributed by atoms with van der Waals surface area (Å²) in [4.78, 5) is 32.0. The zero-order valence-corrected chi connectivity index (χ0v) is 23.8. The number of allylic oxidation sites excluding steroid dienone is 2. The van der Waals surface area contributed by atoms with Gasteiger partial charge in [0, 0.05) is 35.1 Å². The highest BCUT2D eigenvalue weighted by Gasteiger charge is 2.45. The molecule has 2 aromatic rings. The van der Waals surface area contributed by atoms with E-state index in [1.165, 1.54) is 7.11 Å². The van der Waals surface area contributed by atoms with Gasteiger partial charge in [-0.15, -0.1) is 0 Å². The summed E-state index contributed by atoms with van der Waals surface area (Å²) in [6, 6.07) is 10.7. The number of carbonyl (C=O) groups is 2. The molecule has 4 rings (SSSR count). The molecule has 8 nitrogen and oxygen atoms in total. The molecular weight excluding hydrogens is 518 g/mol. The highest BCUT2D eigenvalue weighted by Crippen LogP contribution is 2.48. The summed E-state index contributed by atoms with van der Waals surface area (Å²) in [5.41, 5.74) is 3.34. The van der Waals surface area contributed by atoms with Gasteiger partial charge in [0.05, 0.1) is 21.3 Å². The maximum Gasteiger partial charge on any atom is 0.315 e. The molecule has 208 valence electrons. The lowest BCUT2D eigenvalue weighted by Gasteiger charge is -2.36. The van der Waals surface area contributed by atoms with Gasteiger partial charge in [-0.1, -0.05) is 19.1 Å². The van der Waals surface area contributed by atoms with E-state index < -0.39 is 17.8 Å². The number of nitrogens with zero attached hydrogens (tertiary/aromatic N) is 1. The first-order chi connectivity index (χ1) is 18.8. The lowest BCUT2D eigenvalue weighted by molar-refractivity contribution is -0.145. The van der Waals surface area contributed by atoms with Crippen LogP contribution in [-0.4, -0.2) is 62.0 Å². The smallest absolute Gasteiger partial charge is 0.315 e. The highest BCUT2D eigenvalue weighted by atomic mass is 32.2. The number of ketones is 1. The van der Waals surface area contributed by atoms with Crippen molar-refractivity contribution in [2.75, 3.05) is 39.4 Å². The van der Waals surface area contributed by atoms with Crippen molar-refractivity contribution in [1.29, 1.82) is 0 Å². The van der Waals surface area contributed by atoms with Gasteiger partial charge in [0.15, 0.2) is 28.8 Å². The fourth-order valence-corrected chi connectivity index (χ4v) is 5.89. The number of phenols is 1. The van der Waals surface area contributed by atoms with Gasteiger partial charge in [0.1, 0.15) is 12.5 Å². The highest BCUT2D eigenvalue weighted by molar-refractivity contribution is 7.99. The third-order valence-electron chi connectivity index (χ3n) is 7.26. The summed E-state index contributed by atoms with van der Waals surface area (Å²) in [7, 11) is 4.64. The van der Waals surface area contributed by atoms with Crippen molar-refractivity contribution in [3.05, 3.63) is 58.8 Å². The van der Waals surface area contributed by atoms with Crippen LogP contribution in [0.4, 0.5) is 0 Å². The Bertz CT molecular complexity index is 1300. The van der Waals surface area contributed by atoms with Crippen molar-refractivity contribution < 1.29 is 33.6 Å². The van der Waals surface area contributed by atoms with Gasteiger partial charge in [-0.25, -0.2) is 0 Å². The van der Waals surface area contributed by atoms with Gasteiger partial charge in [-0.2, -0.15) is 11.8 Å². The number of phenolic OH excluding ortho intramolecular Hbond substituents is 1. The summed E-state index contributed by atoms with van der Waals surface area (Å²) in [5.74, 6) is 1.09. The molecule has 1 aliphatic carbocycles. The second-order valence-corrected chi connectivity index (χ2v) is 10.9. The van der Waals surface area contributed by atoms with E-state index in [4.69, 9.17) is 23.9 Å². The molecule has 0 spiro atoms. The molecule has 0 fully saturated rings. The van der Waals surface area contributed by atoms with E-state index in [1.54, 1.807) is 51.1 Å². The monoisotopic (exact) mass is 553 g/mol. The number of hydrogen-bond donors (Lipinski definition) is 1. The van der Waals surface area contributed by atoms with E-state index in [0.29, 0.717) is 52.0 Å². The first-order valence-electron chi connectivity index (χ1n) is 13.0. The summed E-state index contributed by atoms with van der Waals surface area (Å²) in [6.07, 6.45) is 0.790. The largest absolute Gasteiger partial charge is 0.504 e. The van der Waals surface area contributed by atoms with E-state index in [9.17, 15) is 14.7 Å². The van der Waals surface area contributed by atoms with Crippen molar-refractivity contribution in [2.45, 2.75) is 38.5 Å². The number of carbonyl (C=O) groups excluding carboxylic acids is 2. The van der Waals surface area contributed by atoms with E-state index in [1.807, 2.05) is 18.2 Å². The molecule has 2 aliphatic rings. The molecule has 1 heterocycles. The number of benzene rings is 2. The predicted octanol–water partition coefficient (Wildman–Crippen LogP) is 5.29. The Balaban J connectivity index is 1.74. The van der Waals surface area contributed by atoms with Crippen molar-refractivity contribution >= 4 is 29.2 Å². The van der Waals surface area contributed by atoms with Crippen LogP contribution in [0.25, 0.3) is 0 Å². The Morgan fingerprint density at radius 1 is 1.00 bits per heavy atom. The second-order valence-electron chi connectivity index (χ2n) is 9.51. The Morgan fingerprint density at radius 2 is 1.69 bits per heavy atom. The number of rotatable bonds is 10. The third kappa shape index (κ3) is 5.93. The molecule has 39 heavy (non-hydrogen) atoms. The molecule has 1 aliphatic heterocycles. The van der Waals surface area contributed by atoms with Crippen LogP contribution in [-0.2, 0) is 14.3 Å². The molecule has 2 aromatic carbocycles. The van der Waals surface area contributed by atoms with Gasteiger partial charge < -0.3 is 24.1 Å². The fourth-order valence-electron chi connectivity index (χ4n) is 5.40. The van der Waals surface area contributed by atoms with Crippen molar-refractivity contribution in [3.8, 4) is 23.0 Å². The number of esters is 1. The molecule has 0 saturated carbocycles. The van der Waals surface area contributed by atoms with Crippen molar-refractivity contribution in [3.63, 3.8) is 0 Å². The quantitative estimate of drug-likeness (QED) is 0.313. The Hall–Kier alpha value is -3.46. The summed E-state index contributed by atoms with van der Waals surface area (Å²) >= 11 is 1.69. The minimum absolute atomic E-state index is 0.0600. The Morgan fingerprint density at radius 3 is 2.36 bits per heavy atom. The zero-order valence-electron chi connectivity index (χ0n) is 23.0. The molecule has 3 atom stereocenters. The van der Waals surface area contributed by atoms with Gasteiger partial charge >= 0.3 is 5.97 Å². The minimum Gasteiger partial charge on any atom is -0.504 e. The summed E-state index contributed by atoms with van der Waals surface area (Å²) in [6.45, 7) is 4.13. The molecular formula is C30H35NO7S. The van der Waals surface area contributed by atoms with Crippen LogP contribution in [0.2, 0.25) is 0 Å². The molecule has 1 N–H and O–H groups in total. The maximum absolute atomic E-state index is 13.8. The van der Waals surface area contributed by atoms with Crippen LogP contribution in [0, 0.1) is 5.92 Å². The normalized spacial score (nSPS) is 20.7. The number of aliphatic imine (C=N–C) groups is 1. The first kappa shape index (κ1) is 28.5. The average molecular weight is 554 g/mol. The van der Waals surface area contributed by atoms with Gasteiger partial charge in [-0.05, 0) is 60.4 Å².